The highest BCUT2D eigenvalue weighted by Crippen LogP contribution is 2.28. The first-order chi connectivity index (χ1) is 9.60. The Labute approximate surface area is 115 Å². The second-order valence-corrected chi connectivity index (χ2v) is 4.41. The van der Waals surface area contributed by atoms with Crippen LogP contribution in [-0.4, -0.2) is 51.9 Å². The average molecular weight is 281 g/mol. The van der Waals surface area contributed by atoms with E-state index in [1.165, 1.54) is 18.0 Å². The molecule has 8 heteroatoms. The summed E-state index contributed by atoms with van der Waals surface area (Å²) in [5.74, 6) is -0.584. The van der Waals surface area contributed by atoms with E-state index in [1.54, 1.807) is 0 Å². The molecule has 0 radical (unpaired) electrons. The van der Waals surface area contributed by atoms with E-state index in [9.17, 15) is 9.90 Å². The minimum atomic E-state index is -0.796. The summed E-state index contributed by atoms with van der Waals surface area (Å²) in [5.41, 5.74) is 0.490. The molecular weight excluding hydrogens is 266 g/mol. The molecule has 20 heavy (non-hydrogen) atoms. The minimum Gasteiger partial charge on any atom is -0.465 e. The van der Waals surface area contributed by atoms with E-state index in [1.807, 2.05) is 6.07 Å². The maximum atomic E-state index is 11.6. The number of nitrogens with zero attached hydrogens (tertiary/aromatic N) is 3. The van der Waals surface area contributed by atoms with Crippen LogP contribution in [0.5, 0.6) is 0 Å². The van der Waals surface area contributed by atoms with Crippen molar-refractivity contribution in [3.05, 3.63) is 17.5 Å². The third-order valence-corrected chi connectivity index (χ3v) is 3.14. The Kier molecular flexibility index (Phi) is 4.34. The molecule has 1 aromatic rings. The molecule has 8 nitrogen and oxygen atoms in total. The van der Waals surface area contributed by atoms with E-state index in [4.69, 9.17) is 15.1 Å². The number of aromatic nitrogens is 2. The van der Waals surface area contributed by atoms with E-state index < -0.39 is 24.4 Å². The highest BCUT2D eigenvalue weighted by molar-refractivity contribution is 5.90. The van der Waals surface area contributed by atoms with Crippen molar-refractivity contribution in [3.8, 4) is 6.07 Å². The molecule has 1 saturated heterocycles. The number of rotatable bonds is 4. The van der Waals surface area contributed by atoms with Crippen LogP contribution < -0.4 is 0 Å². The van der Waals surface area contributed by atoms with Gasteiger partial charge in [0.1, 0.15) is 11.7 Å². The third kappa shape index (κ3) is 2.65. The molecule has 2 heterocycles. The van der Waals surface area contributed by atoms with Crippen LogP contribution >= 0.6 is 0 Å². The van der Waals surface area contributed by atoms with Gasteiger partial charge in [-0.25, -0.2) is 9.48 Å². The lowest BCUT2D eigenvalue weighted by molar-refractivity contribution is -0.0485. The molecule has 1 fully saturated rings. The SMILES string of the molecule is COC(=O)c1cn([C@H]2C[C@H](O)[C@@H](CO)O2)nc1CC#N. The van der Waals surface area contributed by atoms with Gasteiger partial charge in [0.05, 0.1) is 38.0 Å². The lowest BCUT2D eigenvalue weighted by Gasteiger charge is -2.11. The van der Waals surface area contributed by atoms with Crippen molar-refractivity contribution in [2.24, 2.45) is 0 Å². The topological polar surface area (TPSA) is 118 Å². The summed E-state index contributed by atoms with van der Waals surface area (Å²) in [5, 5.41) is 31.6. The minimum absolute atomic E-state index is 0.0316. The van der Waals surface area contributed by atoms with Gasteiger partial charge in [-0.3, -0.25) is 0 Å². The second-order valence-electron chi connectivity index (χ2n) is 4.41. The molecular formula is C12H15N3O5. The molecule has 0 unspecified atom stereocenters. The molecule has 1 aliphatic heterocycles. The average Bonchev–Trinajstić information content (AvgIpc) is 3.02. The Morgan fingerprint density at radius 2 is 2.50 bits per heavy atom. The molecule has 1 aliphatic rings. The molecule has 108 valence electrons. The van der Waals surface area contributed by atoms with E-state index >= 15 is 0 Å². The summed E-state index contributed by atoms with van der Waals surface area (Å²) < 4.78 is 11.4. The number of methoxy groups -OCH3 is 1. The monoisotopic (exact) mass is 281 g/mol. The van der Waals surface area contributed by atoms with Crippen LogP contribution in [-0.2, 0) is 15.9 Å². The molecule has 0 aromatic carbocycles. The van der Waals surface area contributed by atoms with Gasteiger partial charge in [0.25, 0.3) is 0 Å². The molecule has 2 N–H and O–H groups in total. The van der Waals surface area contributed by atoms with Gasteiger partial charge in [0, 0.05) is 12.6 Å². The second kappa shape index (κ2) is 6.00. The maximum absolute atomic E-state index is 11.6. The predicted octanol–water partition coefficient (Wildman–Crippen LogP) is -0.624. The zero-order valence-electron chi connectivity index (χ0n) is 10.9. The van der Waals surface area contributed by atoms with Crippen LogP contribution in [0.2, 0.25) is 0 Å². The number of carbonyl (C=O) groups excluding carboxylic acids is 1. The van der Waals surface area contributed by atoms with Crippen LogP contribution in [0.25, 0.3) is 0 Å². The summed E-state index contributed by atoms with van der Waals surface area (Å²) in [6.45, 7) is -0.298. The normalized spacial score (nSPS) is 25.4. The van der Waals surface area contributed by atoms with Gasteiger partial charge in [0.2, 0.25) is 0 Å². The van der Waals surface area contributed by atoms with Crippen LogP contribution in [0, 0.1) is 11.3 Å². The largest absolute Gasteiger partial charge is 0.465 e. The molecule has 2 rings (SSSR count). The number of ether oxygens (including phenoxy) is 2. The first kappa shape index (κ1) is 14.5. The van der Waals surface area contributed by atoms with Crippen LogP contribution in [0.1, 0.15) is 28.7 Å². The Hall–Kier alpha value is -1.95. The predicted molar refractivity (Wildman–Crippen MR) is 64.5 cm³/mol. The molecule has 3 atom stereocenters. The Balaban J connectivity index is 2.25. The van der Waals surface area contributed by atoms with Gasteiger partial charge >= 0.3 is 5.97 Å². The summed E-state index contributed by atoms with van der Waals surface area (Å²) in [6.07, 6.45) is -0.413. The van der Waals surface area contributed by atoms with Gasteiger partial charge in [-0.05, 0) is 0 Å². The zero-order chi connectivity index (χ0) is 14.7. The van der Waals surface area contributed by atoms with Crippen molar-refractivity contribution in [3.63, 3.8) is 0 Å². The molecule has 0 amide bonds. The third-order valence-electron chi connectivity index (χ3n) is 3.14. The highest BCUT2D eigenvalue weighted by atomic mass is 16.5. The number of aliphatic hydroxyl groups is 2. The van der Waals surface area contributed by atoms with Gasteiger partial charge in [-0.15, -0.1) is 0 Å². The van der Waals surface area contributed by atoms with E-state index in [0.29, 0.717) is 5.69 Å². The summed E-state index contributed by atoms with van der Waals surface area (Å²) in [7, 11) is 1.24. The van der Waals surface area contributed by atoms with Crippen LogP contribution in [0.15, 0.2) is 6.20 Å². The first-order valence-electron chi connectivity index (χ1n) is 6.08. The van der Waals surface area contributed by atoms with Gasteiger partial charge in [-0.2, -0.15) is 10.4 Å². The molecule has 1 aromatic heterocycles. The Morgan fingerprint density at radius 1 is 1.75 bits per heavy atom. The molecule has 0 bridgehead atoms. The van der Waals surface area contributed by atoms with E-state index in [0.717, 1.165) is 0 Å². The maximum Gasteiger partial charge on any atom is 0.341 e. The highest BCUT2D eigenvalue weighted by Gasteiger charge is 2.35. The number of esters is 1. The molecule has 0 spiro atoms. The van der Waals surface area contributed by atoms with Crippen molar-refractivity contribution in [2.45, 2.75) is 31.3 Å². The number of carbonyl (C=O) groups is 1. The number of nitriles is 1. The quantitative estimate of drug-likeness (QED) is 0.706. The summed E-state index contributed by atoms with van der Waals surface area (Å²) in [6, 6.07) is 1.92. The van der Waals surface area contributed by atoms with Crippen molar-refractivity contribution in [1.29, 1.82) is 5.26 Å². The van der Waals surface area contributed by atoms with Crippen molar-refractivity contribution in [1.82, 2.24) is 9.78 Å². The van der Waals surface area contributed by atoms with Crippen molar-refractivity contribution < 1.29 is 24.5 Å². The Morgan fingerprint density at radius 3 is 3.05 bits per heavy atom. The number of hydrogen-bond acceptors (Lipinski definition) is 7. The van der Waals surface area contributed by atoms with Crippen LogP contribution in [0.4, 0.5) is 0 Å². The lowest BCUT2D eigenvalue weighted by Crippen LogP contribution is -2.24. The summed E-state index contributed by atoms with van der Waals surface area (Å²) in [4.78, 5) is 11.6. The standard InChI is InChI=1S/C12H15N3O5/c1-19-12(18)7-5-15(14-8(7)2-3-13)11-4-9(17)10(6-16)20-11/h5,9-11,16-17H,2,4,6H2,1H3/t9-,10+,11+/m0/s1. The smallest absolute Gasteiger partial charge is 0.341 e. The zero-order valence-corrected chi connectivity index (χ0v) is 10.9. The molecule has 0 saturated carbocycles. The number of aliphatic hydroxyl groups excluding tert-OH is 2. The fraction of sp³-hybridized carbons (Fsp3) is 0.583. The van der Waals surface area contributed by atoms with Gasteiger partial charge in [-0.1, -0.05) is 0 Å². The lowest BCUT2D eigenvalue weighted by atomic mass is 10.2. The van der Waals surface area contributed by atoms with Gasteiger partial charge < -0.3 is 19.7 Å². The van der Waals surface area contributed by atoms with Gasteiger partial charge in [0.15, 0.2) is 6.23 Å². The van der Waals surface area contributed by atoms with Crippen molar-refractivity contribution in [2.75, 3.05) is 13.7 Å². The van der Waals surface area contributed by atoms with E-state index in [2.05, 4.69) is 9.84 Å². The Bertz CT molecular complexity index is 536. The van der Waals surface area contributed by atoms with E-state index in [-0.39, 0.29) is 25.0 Å². The first-order valence-corrected chi connectivity index (χ1v) is 6.08. The fourth-order valence-corrected chi connectivity index (χ4v) is 2.10. The van der Waals surface area contributed by atoms with Crippen LogP contribution in [0.3, 0.4) is 0 Å². The van der Waals surface area contributed by atoms with Crippen molar-refractivity contribution >= 4 is 5.97 Å². The number of hydrogen-bond donors (Lipinski definition) is 2. The molecule has 0 aliphatic carbocycles. The fourth-order valence-electron chi connectivity index (χ4n) is 2.10. The summed E-state index contributed by atoms with van der Waals surface area (Å²) >= 11 is 0.